The summed E-state index contributed by atoms with van der Waals surface area (Å²) in [5.41, 5.74) is 4.26. The first-order valence-electron chi connectivity index (χ1n) is 10.7. The molecule has 0 unspecified atom stereocenters. The van der Waals surface area contributed by atoms with Crippen LogP contribution in [0.5, 0.6) is 5.75 Å². The monoisotopic (exact) mass is 398 g/mol. The number of aryl methyl sites for hydroxylation is 1. The van der Waals surface area contributed by atoms with Gasteiger partial charge >= 0.3 is 0 Å². The molecule has 0 saturated carbocycles. The molecule has 1 rings (SSSR count). The summed E-state index contributed by atoms with van der Waals surface area (Å²) >= 11 is 0. The Balaban J connectivity index is 2.68. The first-order chi connectivity index (χ1) is 14.0. The number of nitrogens with one attached hydrogen (secondary N) is 1. The zero-order valence-electron chi connectivity index (χ0n) is 18.9. The Bertz CT molecular complexity index is 732. The van der Waals surface area contributed by atoms with E-state index in [0.717, 1.165) is 60.8 Å². The minimum Gasteiger partial charge on any atom is -0.490 e. The van der Waals surface area contributed by atoms with Crippen molar-refractivity contribution in [3.63, 3.8) is 0 Å². The van der Waals surface area contributed by atoms with Crippen LogP contribution in [0.2, 0.25) is 0 Å². The predicted octanol–water partition coefficient (Wildman–Crippen LogP) is 6.29. The Morgan fingerprint density at radius 1 is 1.17 bits per heavy atom. The SMILES string of the molecule is C=C(C)/N=C(NCCCC)\C(=C/C)OCCOc1ccc(C(=C)CC)cc1CC. The molecule has 4 nitrogen and oxygen atoms in total. The molecule has 0 fully saturated rings. The molecule has 0 amide bonds. The van der Waals surface area contributed by atoms with Crippen molar-refractivity contribution in [3.8, 4) is 5.75 Å². The number of hydrogen-bond acceptors (Lipinski definition) is 3. The van der Waals surface area contributed by atoms with Crippen LogP contribution < -0.4 is 10.1 Å². The van der Waals surface area contributed by atoms with Gasteiger partial charge in [-0.05, 0) is 68.0 Å². The molecule has 0 spiro atoms. The minimum absolute atomic E-state index is 0.441. The van der Waals surface area contributed by atoms with E-state index in [0.29, 0.717) is 13.2 Å². The molecule has 29 heavy (non-hydrogen) atoms. The third kappa shape index (κ3) is 8.59. The van der Waals surface area contributed by atoms with E-state index in [1.807, 2.05) is 26.0 Å². The molecule has 0 atom stereocenters. The van der Waals surface area contributed by atoms with Gasteiger partial charge in [-0.3, -0.25) is 0 Å². The first-order valence-corrected chi connectivity index (χ1v) is 10.7. The van der Waals surface area contributed by atoms with Crippen molar-refractivity contribution in [3.05, 3.63) is 60.0 Å². The number of allylic oxidation sites excluding steroid dienone is 3. The van der Waals surface area contributed by atoms with E-state index in [2.05, 4.69) is 56.4 Å². The second-order valence-electron chi connectivity index (χ2n) is 6.96. The normalized spacial score (nSPS) is 11.9. The molecule has 0 heterocycles. The number of benzene rings is 1. The van der Waals surface area contributed by atoms with Crippen LogP contribution >= 0.6 is 0 Å². The molecular formula is C25H38N2O2. The summed E-state index contributed by atoms with van der Waals surface area (Å²) in [6.45, 7) is 20.0. The topological polar surface area (TPSA) is 42.9 Å². The lowest BCUT2D eigenvalue weighted by Crippen LogP contribution is -2.28. The van der Waals surface area contributed by atoms with Gasteiger partial charge in [-0.2, -0.15) is 0 Å². The van der Waals surface area contributed by atoms with Gasteiger partial charge < -0.3 is 14.8 Å². The molecular weight excluding hydrogens is 360 g/mol. The zero-order valence-corrected chi connectivity index (χ0v) is 18.9. The van der Waals surface area contributed by atoms with E-state index >= 15 is 0 Å². The lowest BCUT2D eigenvalue weighted by molar-refractivity contribution is 0.166. The van der Waals surface area contributed by atoms with Gasteiger partial charge in [-0.15, -0.1) is 0 Å². The molecule has 160 valence electrons. The van der Waals surface area contributed by atoms with Gasteiger partial charge in [-0.1, -0.05) is 46.4 Å². The smallest absolute Gasteiger partial charge is 0.168 e. The van der Waals surface area contributed by atoms with E-state index in [4.69, 9.17) is 9.47 Å². The fraction of sp³-hybridized carbons (Fsp3) is 0.480. The van der Waals surface area contributed by atoms with Gasteiger partial charge in [0, 0.05) is 12.2 Å². The van der Waals surface area contributed by atoms with Crippen LogP contribution in [-0.4, -0.2) is 25.6 Å². The molecule has 0 saturated heterocycles. The Morgan fingerprint density at radius 3 is 2.52 bits per heavy atom. The van der Waals surface area contributed by atoms with Crippen molar-refractivity contribution < 1.29 is 9.47 Å². The second kappa shape index (κ2) is 13.6. The minimum atomic E-state index is 0.441. The van der Waals surface area contributed by atoms with Crippen LogP contribution in [0.3, 0.4) is 0 Å². The van der Waals surface area contributed by atoms with Crippen LogP contribution in [0, 0.1) is 0 Å². The Morgan fingerprint density at radius 2 is 1.93 bits per heavy atom. The third-order valence-corrected chi connectivity index (χ3v) is 4.50. The summed E-state index contributed by atoms with van der Waals surface area (Å²) in [5, 5.41) is 3.35. The second-order valence-corrected chi connectivity index (χ2v) is 6.96. The maximum atomic E-state index is 5.99. The van der Waals surface area contributed by atoms with Crippen LogP contribution in [0.25, 0.3) is 5.57 Å². The van der Waals surface area contributed by atoms with Gasteiger partial charge in [0.15, 0.2) is 11.6 Å². The summed E-state index contributed by atoms with van der Waals surface area (Å²) < 4.78 is 11.9. The summed E-state index contributed by atoms with van der Waals surface area (Å²) in [4.78, 5) is 4.49. The Labute approximate surface area is 177 Å². The fourth-order valence-corrected chi connectivity index (χ4v) is 2.77. The molecule has 1 N–H and O–H groups in total. The number of aliphatic imine (C=N–C) groups is 1. The van der Waals surface area contributed by atoms with Gasteiger partial charge in [0.25, 0.3) is 0 Å². The number of hydrogen-bond donors (Lipinski definition) is 1. The molecule has 1 aromatic rings. The highest BCUT2D eigenvalue weighted by Crippen LogP contribution is 2.25. The number of ether oxygens (including phenoxy) is 2. The third-order valence-electron chi connectivity index (χ3n) is 4.50. The zero-order chi connectivity index (χ0) is 21.6. The number of nitrogens with zero attached hydrogens (tertiary/aromatic N) is 1. The quantitative estimate of drug-likeness (QED) is 0.184. The van der Waals surface area contributed by atoms with Crippen molar-refractivity contribution in [1.29, 1.82) is 0 Å². The summed E-state index contributed by atoms with van der Waals surface area (Å²) in [6, 6.07) is 6.29. The highest BCUT2D eigenvalue weighted by molar-refractivity contribution is 5.97. The van der Waals surface area contributed by atoms with Crippen molar-refractivity contribution in [2.24, 2.45) is 4.99 Å². The summed E-state index contributed by atoms with van der Waals surface area (Å²) in [6.07, 6.45) is 5.98. The Hall–Kier alpha value is -2.49. The summed E-state index contributed by atoms with van der Waals surface area (Å²) in [7, 11) is 0. The Kier molecular flexibility index (Phi) is 11.6. The first kappa shape index (κ1) is 24.5. The highest BCUT2D eigenvalue weighted by Gasteiger charge is 2.09. The maximum absolute atomic E-state index is 5.99. The molecule has 4 heteroatoms. The molecule has 0 aromatic heterocycles. The molecule has 0 aliphatic heterocycles. The summed E-state index contributed by atoms with van der Waals surface area (Å²) in [5.74, 6) is 2.35. The average molecular weight is 399 g/mol. The van der Waals surface area contributed by atoms with Gasteiger partial charge in [0.05, 0.1) is 0 Å². The lowest BCUT2D eigenvalue weighted by atomic mass is 10.0. The van der Waals surface area contributed by atoms with Crippen molar-refractivity contribution in [1.82, 2.24) is 5.32 Å². The van der Waals surface area contributed by atoms with Gasteiger partial charge in [0.1, 0.15) is 19.0 Å². The number of amidine groups is 1. The van der Waals surface area contributed by atoms with Gasteiger partial charge in [-0.25, -0.2) is 4.99 Å². The van der Waals surface area contributed by atoms with Crippen LogP contribution in [0.4, 0.5) is 0 Å². The standard InChI is InChI=1S/C25H38N2O2/c1-8-12-15-26-25(27-19(5)6)23(11-4)28-16-17-29-24-14-13-22(20(7)9-2)18-21(24)10-3/h11,13-14,18H,5,7-10,12,15-17H2,1-4,6H3,(H,26,27)/b23-11+. The average Bonchev–Trinajstić information content (AvgIpc) is 2.72. The van der Waals surface area contributed by atoms with E-state index in [9.17, 15) is 0 Å². The van der Waals surface area contributed by atoms with Crippen LogP contribution in [-0.2, 0) is 11.2 Å². The van der Waals surface area contributed by atoms with Crippen LogP contribution in [0.15, 0.2) is 53.9 Å². The van der Waals surface area contributed by atoms with Crippen molar-refractivity contribution in [2.75, 3.05) is 19.8 Å². The number of unbranched alkanes of at least 4 members (excludes halogenated alkanes) is 1. The van der Waals surface area contributed by atoms with Gasteiger partial charge in [0.2, 0.25) is 0 Å². The fourth-order valence-electron chi connectivity index (χ4n) is 2.77. The number of rotatable bonds is 13. The van der Waals surface area contributed by atoms with E-state index < -0.39 is 0 Å². The molecule has 0 aliphatic rings. The predicted molar refractivity (Wildman–Crippen MR) is 126 cm³/mol. The lowest BCUT2D eigenvalue weighted by Gasteiger charge is -2.16. The highest BCUT2D eigenvalue weighted by atomic mass is 16.5. The molecule has 0 bridgehead atoms. The molecule has 0 aliphatic carbocycles. The van der Waals surface area contributed by atoms with E-state index in [-0.39, 0.29) is 0 Å². The largest absolute Gasteiger partial charge is 0.490 e. The van der Waals surface area contributed by atoms with Crippen molar-refractivity contribution in [2.45, 2.75) is 60.3 Å². The van der Waals surface area contributed by atoms with Crippen molar-refractivity contribution >= 4 is 11.4 Å². The molecule has 0 radical (unpaired) electrons. The maximum Gasteiger partial charge on any atom is 0.168 e. The van der Waals surface area contributed by atoms with Crippen LogP contribution in [0.1, 0.15) is 65.0 Å². The molecule has 1 aromatic carbocycles. The van der Waals surface area contributed by atoms with E-state index in [1.54, 1.807) is 0 Å². The van der Waals surface area contributed by atoms with E-state index in [1.165, 1.54) is 11.1 Å².